The third kappa shape index (κ3) is 2.99. The minimum atomic E-state index is -0.462. The predicted octanol–water partition coefficient (Wildman–Crippen LogP) is 0.600. The molecule has 0 aliphatic carbocycles. The van der Waals surface area contributed by atoms with Crippen LogP contribution < -0.4 is 5.48 Å². The van der Waals surface area contributed by atoms with Crippen molar-refractivity contribution in [3.63, 3.8) is 0 Å². The summed E-state index contributed by atoms with van der Waals surface area (Å²) in [6, 6.07) is 0. The number of carbonyl (C=O) groups is 1. The second-order valence-corrected chi connectivity index (χ2v) is 2.78. The van der Waals surface area contributed by atoms with E-state index in [9.17, 15) is 4.79 Å². The lowest BCUT2D eigenvalue weighted by Gasteiger charge is -2.03. The first kappa shape index (κ1) is 12.1. The van der Waals surface area contributed by atoms with Gasteiger partial charge in [0.05, 0.1) is 17.9 Å². The van der Waals surface area contributed by atoms with Crippen molar-refractivity contribution in [3.05, 3.63) is 17.5 Å². The van der Waals surface area contributed by atoms with Gasteiger partial charge in [0, 0.05) is 6.20 Å². The van der Waals surface area contributed by atoms with Crippen LogP contribution in [0, 0.1) is 6.92 Å². The Hall–Kier alpha value is -2.02. The fourth-order valence-corrected chi connectivity index (χ4v) is 1.01. The van der Waals surface area contributed by atoms with Crippen molar-refractivity contribution in [3.8, 4) is 0 Å². The normalized spacial score (nSPS) is 10.4. The number of carbonyl (C=O) groups excluding carboxylic acids is 1. The fourth-order valence-electron chi connectivity index (χ4n) is 1.01. The number of rotatable bonds is 4. The molecule has 7 nitrogen and oxygen atoms in total. The highest BCUT2D eigenvalue weighted by molar-refractivity contribution is 5.90. The van der Waals surface area contributed by atoms with Crippen LogP contribution in [0.4, 0.5) is 5.95 Å². The van der Waals surface area contributed by atoms with Crippen LogP contribution in [0.25, 0.3) is 0 Å². The maximum atomic E-state index is 11.4. The van der Waals surface area contributed by atoms with Crippen LogP contribution >= 0.6 is 0 Å². The molecule has 0 amide bonds. The highest BCUT2D eigenvalue weighted by Crippen LogP contribution is 2.10. The number of esters is 1. The predicted molar refractivity (Wildman–Crippen MR) is 55.8 cm³/mol. The summed E-state index contributed by atoms with van der Waals surface area (Å²) in [7, 11) is 0. The zero-order valence-corrected chi connectivity index (χ0v) is 8.97. The Kier molecular flexibility index (Phi) is 4.34. The van der Waals surface area contributed by atoms with Gasteiger partial charge in [-0.2, -0.15) is 4.99 Å². The molecule has 16 heavy (non-hydrogen) atoms. The summed E-state index contributed by atoms with van der Waals surface area (Å²) in [6.45, 7) is 3.67. The highest BCUT2D eigenvalue weighted by Gasteiger charge is 2.11. The van der Waals surface area contributed by atoms with E-state index in [0.717, 1.165) is 6.34 Å². The Balaban J connectivity index is 2.91. The molecular formula is C9H12N4O3. The maximum Gasteiger partial charge on any atom is 0.341 e. The average molecular weight is 224 g/mol. The lowest BCUT2D eigenvalue weighted by Crippen LogP contribution is -2.08. The van der Waals surface area contributed by atoms with Crippen molar-refractivity contribution >= 4 is 18.3 Å². The third-order valence-electron chi connectivity index (χ3n) is 1.70. The Bertz CT molecular complexity index is 406. The first-order valence-electron chi connectivity index (χ1n) is 4.62. The van der Waals surface area contributed by atoms with E-state index in [4.69, 9.17) is 9.94 Å². The van der Waals surface area contributed by atoms with Crippen molar-refractivity contribution in [2.75, 3.05) is 6.61 Å². The standard InChI is InChI=1S/C9H12N4O3/c1-3-16-8(14)7-4-10-9(11-5-12-15)13-6(7)2/h4-5,15H,3H2,1-2H3,(H,10,11,12,13). The van der Waals surface area contributed by atoms with Gasteiger partial charge in [-0.05, 0) is 13.8 Å². The molecular weight excluding hydrogens is 212 g/mol. The smallest absolute Gasteiger partial charge is 0.341 e. The van der Waals surface area contributed by atoms with Gasteiger partial charge in [0.15, 0.2) is 0 Å². The number of aliphatic imine (C=N–C) groups is 1. The molecule has 0 bridgehead atoms. The van der Waals surface area contributed by atoms with Gasteiger partial charge < -0.3 is 4.74 Å². The molecule has 0 aliphatic heterocycles. The third-order valence-corrected chi connectivity index (χ3v) is 1.70. The monoisotopic (exact) mass is 224 g/mol. The number of hydrogen-bond acceptors (Lipinski definition) is 6. The van der Waals surface area contributed by atoms with Crippen molar-refractivity contribution in [2.45, 2.75) is 13.8 Å². The minimum Gasteiger partial charge on any atom is -0.462 e. The molecule has 1 aromatic heterocycles. The molecule has 1 aromatic rings. The van der Waals surface area contributed by atoms with E-state index in [0.29, 0.717) is 17.9 Å². The number of ether oxygens (including phenoxy) is 1. The zero-order chi connectivity index (χ0) is 12.0. The summed E-state index contributed by atoms with van der Waals surface area (Å²) < 4.78 is 4.82. The average Bonchev–Trinajstić information content (AvgIpc) is 2.26. The van der Waals surface area contributed by atoms with Gasteiger partial charge in [0.1, 0.15) is 6.34 Å². The molecule has 0 spiro atoms. The second kappa shape index (κ2) is 5.76. The molecule has 2 N–H and O–H groups in total. The van der Waals surface area contributed by atoms with Gasteiger partial charge in [-0.1, -0.05) is 0 Å². The Morgan fingerprint density at radius 3 is 3.06 bits per heavy atom. The molecule has 0 saturated heterocycles. The van der Waals surface area contributed by atoms with Crippen molar-refractivity contribution < 1.29 is 14.7 Å². The van der Waals surface area contributed by atoms with Crippen molar-refractivity contribution in [1.29, 1.82) is 0 Å². The van der Waals surface area contributed by atoms with Crippen LogP contribution in [-0.4, -0.2) is 34.1 Å². The van der Waals surface area contributed by atoms with Gasteiger partial charge in [-0.15, -0.1) is 0 Å². The van der Waals surface area contributed by atoms with E-state index < -0.39 is 5.97 Å². The van der Waals surface area contributed by atoms with Crippen molar-refractivity contribution in [1.82, 2.24) is 15.4 Å². The van der Waals surface area contributed by atoms with Gasteiger partial charge in [-0.3, -0.25) is 10.7 Å². The van der Waals surface area contributed by atoms with E-state index in [2.05, 4.69) is 15.0 Å². The second-order valence-electron chi connectivity index (χ2n) is 2.78. The Morgan fingerprint density at radius 1 is 1.75 bits per heavy atom. The Labute approximate surface area is 92.2 Å². The van der Waals surface area contributed by atoms with E-state index in [1.807, 2.05) is 0 Å². The summed E-state index contributed by atoms with van der Waals surface area (Å²) in [5.41, 5.74) is 2.50. The molecule has 0 atom stereocenters. The van der Waals surface area contributed by atoms with Gasteiger partial charge >= 0.3 is 5.97 Å². The SMILES string of the molecule is CCOC(=O)c1cnc(/N=C/NO)nc1C. The number of hydroxylamine groups is 1. The molecule has 0 unspecified atom stereocenters. The molecule has 1 heterocycles. The molecule has 0 aromatic carbocycles. The number of aromatic nitrogens is 2. The van der Waals surface area contributed by atoms with Gasteiger partial charge in [-0.25, -0.2) is 14.8 Å². The van der Waals surface area contributed by atoms with E-state index >= 15 is 0 Å². The van der Waals surface area contributed by atoms with Gasteiger partial charge in [0.2, 0.25) is 0 Å². The lowest BCUT2D eigenvalue weighted by molar-refractivity contribution is 0.0524. The molecule has 86 valence electrons. The molecule has 0 radical (unpaired) electrons. The quantitative estimate of drug-likeness (QED) is 0.336. The van der Waals surface area contributed by atoms with E-state index in [1.165, 1.54) is 6.20 Å². The Morgan fingerprint density at radius 2 is 2.50 bits per heavy atom. The number of nitrogens with zero attached hydrogens (tertiary/aromatic N) is 3. The topological polar surface area (TPSA) is 96.7 Å². The summed E-state index contributed by atoms with van der Waals surface area (Å²) in [6.07, 6.45) is 2.36. The van der Waals surface area contributed by atoms with Crippen LogP contribution in [0.15, 0.2) is 11.2 Å². The molecule has 7 heteroatoms. The van der Waals surface area contributed by atoms with Crippen LogP contribution in [0.1, 0.15) is 23.0 Å². The van der Waals surface area contributed by atoms with Crippen LogP contribution in [-0.2, 0) is 4.74 Å². The summed E-state index contributed by atoms with van der Waals surface area (Å²) in [5.74, 6) is -0.317. The molecule has 1 rings (SSSR count). The first-order chi connectivity index (χ1) is 7.69. The zero-order valence-electron chi connectivity index (χ0n) is 8.97. The highest BCUT2D eigenvalue weighted by atomic mass is 16.5. The molecule has 0 aliphatic rings. The largest absolute Gasteiger partial charge is 0.462 e. The van der Waals surface area contributed by atoms with Crippen molar-refractivity contribution in [2.24, 2.45) is 4.99 Å². The van der Waals surface area contributed by atoms with Crippen LogP contribution in [0.3, 0.4) is 0 Å². The summed E-state index contributed by atoms with van der Waals surface area (Å²) >= 11 is 0. The number of nitrogens with one attached hydrogen (secondary N) is 1. The van der Waals surface area contributed by atoms with Crippen LogP contribution in [0.2, 0.25) is 0 Å². The molecule has 0 fully saturated rings. The fraction of sp³-hybridized carbons (Fsp3) is 0.333. The number of hydrogen-bond donors (Lipinski definition) is 2. The van der Waals surface area contributed by atoms with Crippen LogP contribution in [0.5, 0.6) is 0 Å². The summed E-state index contributed by atoms with van der Waals surface area (Å²) in [4.78, 5) is 22.8. The summed E-state index contributed by atoms with van der Waals surface area (Å²) in [5, 5.41) is 8.28. The van der Waals surface area contributed by atoms with E-state index in [-0.39, 0.29) is 5.95 Å². The van der Waals surface area contributed by atoms with E-state index in [1.54, 1.807) is 19.3 Å². The van der Waals surface area contributed by atoms with Gasteiger partial charge in [0.25, 0.3) is 5.95 Å². The minimum absolute atomic E-state index is 0.145. The lowest BCUT2D eigenvalue weighted by atomic mass is 10.2. The first-order valence-corrected chi connectivity index (χ1v) is 4.62. The number of aryl methyl sites for hydroxylation is 1. The molecule has 0 saturated carbocycles. The maximum absolute atomic E-state index is 11.4.